The zero-order valence-corrected chi connectivity index (χ0v) is 27.5. The molecule has 0 amide bonds. The van der Waals surface area contributed by atoms with Gasteiger partial charge in [-0.05, 0) is 78.6 Å². The fraction of sp³-hybridized carbons (Fsp3) is 0. The molecule has 240 valence electrons. The van der Waals surface area contributed by atoms with E-state index in [9.17, 15) is 35.7 Å². The maximum atomic E-state index is 11.9. The highest BCUT2D eigenvalue weighted by Crippen LogP contribution is 2.54. The average Bonchev–Trinajstić information content (AvgIpc) is 3.13. The van der Waals surface area contributed by atoms with Gasteiger partial charge in [0.15, 0.2) is 28.7 Å². The Kier molecular flexibility index (Phi) is 6.74. The van der Waals surface area contributed by atoms with Crippen molar-refractivity contribution >= 4 is 74.8 Å². The Hall–Kier alpha value is -6.28. The van der Waals surface area contributed by atoms with Crippen molar-refractivity contribution in [1.82, 2.24) is 0 Å². The maximum Gasteiger partial charge on any atom is 0.200 e. The lowest BCUT2D eigenvalue weighted by atomic mass is 9.70. The minimum Gasteiger partial charge on any atom is -0.509 e. The molecule has 0 unspecified atom stereocenters. The molecule has 50 heavy (non-hydrogen) atoms. The number of benzene rings is 7. The summed E-state index contributed by atoms with van der Waals surface area (Å²) in [6, 6.07) is 25.3. The first-order chi connectivity index (χ1) is 23.9. The minimum atomic E-state index is -0.771. The highest BCUT2D eigenvalue weighted by atomic mass is 16.5. The molecule has 7 aromatic carbocycles. The molecule has 0 aliphatic carbocycles. The second-order valence-corrected chi connectivity index (χ2v) is 12.8. The van der Waals surface area contributed by atoms with Gasteiger partial charge in [-0.15, -0.1) is 0 Å². The lowest BCUT2D eigenvalue weighted by Gasteiger charge is -2.25. The predicted octanol–water partition coefficient (Wildman–Crippen LogP) is 1.74. The molecule has 1 heterocycles. The van der Waals surface area contributed by atoms with E-state index >= 15 is 0 Å². The summed E-state index contributed by atoms with van der Waals surface area (Å²) < 4.78 is 6.44. The van der Waals surface area contributed by atoms with E-state index in [-0.39, 0.29) is 55.4 Å². The zero-order valence-electron chi connectivity index (χ0n) is 27.5. The van der Waals surface area contributed by atoms with Gasteiger partial charge in [-0.2, -0.15) is 0 Å². The third kappa shape index (κ3) is 4.11. The second kappa shape index (κ2) is 10.9. The summed E-state index contributed by atoms with van der Waals surface area (Å²) in [5.74, 6) is -2.46. The molecule has 0 radical (unpaired) electrons. The lowest BCUT2D eigenvalue weighted by molar-refractivity contribution is 0.373. The molecular formula is C38H28B4O8. The van der Waals surface area contributed by atoms with Crippen molar-refractivity contribution < 1.29 is 40.5 Å². The van der Waals surface area contributed by atoms with E-state index in [4.69, 9.17) is 4.74 Å². The smallest absolute Gasteiger partial charge is 0.200 e. The highest BCUT2D eigenvalue weighted by molar-refractivity contribution is 6.56. The van der Waals surface area contributed by atoms with E-state index in [2.05, 4.69) is 0 Å². The first-order valence-electron chi connectivity index (χ1n) is 16.0. The molecule has 0 aromatic heterocycles. The van der Waals surface area contributed by atoms with E-state index in [1.54, 1.807) is 29.6 Å². The van der Waals surface area contributed by atoms with Crippen LogP contribution in [-0.4, -0.2) is 67.1 Å². The van der Waals surface area contributed by atoms with Gasteiger partial charge in [0, 0.05) is 21.9 Å². The Balaban J connectivity index is 1.36. The van der Waals surface area contributed by atoms with Gasteiger partial charge in [-0.25, -0.2) is 0 Å². The molecule has 12 heteroatoms. The van der Waals surface area contributed by atoms with Crippen LogP contribution in [0.1, 0.15) is 0 Å². The van der Waals surface area contributed by atoms with E-state index in [0.717, 1.165) is 27.6 Å². The topological polar surface area (TPSA) is 151 Å². The molecule has 8 nitrogen and oxygen atoms in total. The van der Waals surface area contributed by atoms with Crippen LogP contribution in [0.5, 0.6) is 51.7 Å². The Bertz CT molecular complexity index is 2600. The van der Waals surface area contributed by atoms with Crippen LogP contribution in [0.4, 0.5) is 0 Å². The highest BCUT2D eigenvalue weighted by Gasteiger charge is 2.31. The molecule has 7 N–H and O–H groups in total. The van der Waals surface area contributed by atoms with Crippen LogP contribution in [0.15, 0.2) is 78.9 Å². The van der Waals surface area contributed by atoms with Crippen molar-refractivity contribution in [3.05, 3.63) is 78.9 Å². The van der Waals surface area contributed by atoms with Gasteiger partial charge >= 0.3 is 0 Å². The number of hydrogen-bond acceptors (Lipinski definition) is 8. The number of phenols is 7. The van der Waals surface area contributed by atoms with Crippen molar-refractivity contribution in [3.63, 3.8) is 0 Å². The van der Waals surface area contributed by atoms with Crippen molar-refractivity contribution in [3.8, 4) is 96.3 Å². The molecule has 8 rings (SSSR count). The van der Waals surface area contributed by atoms with Crippen molar-refractivity contribution in [2.24, 2.45) is 0 Å². The molecule has 0 fully saturated rings. The van der Waals surface area contributed by atoms with Crippen molar-refractivity contribution in [2.75, 3.05) is 0 Å². The monoisotopic (exact) mass is 656 g/mol. The molecule has 1 aliphatic rings. The zero-order chi connectivity index (χ0) is 35.3. The summed E-state index contributed by atoms with van der Waals surface area (Å²) >= 11 is 0. The fourth-order valence-electron chi connectivity index (χ4n) is 7.61. The van der Waals surface area contributed by atoms with E-state index in [1.807, 2.05) is 72.8 Å². The quantitative estimate of drug-likeness (QED) is 0.0865. The number of rotatable bonds is 3. The number of fused-ring (bicyclic) bond motifs is 3. The van der Waals surface area contributed by atoms with Crippen molar-refractivity contribution in [1.29, 1.82) is 0 Å². The van der Waals surface area contributed by atoms with Gasteiger partial charge in [0.25, 0.3) is 0 Å². The molecule has 7 aromatic rings. The normalized spacial score (nSPS) is 11.8. The Morgan fingerprint density at radius 1 is 0.380 bits per heavy atom. The van der Waals surface area contributed by atoms with Crippen LogP contribution < -0.4 is 26.6 Å². The summed E-state index contributed by atoms with van der Waals surface area (Å²) in [5, 5.41) is 80.5. The maximum absolute atomic E-state index is 11.9. The number of hydrogen-bond donors (Lipinski definition) is 7. The average molecular weight is 656 g/mol. The van der Waals surface area contributed by atoms with Crippen LogP contribution in [0.2, 0.25) is 0 Å². The SMILES string of the molecule is Bc1c(O)c(-c2ccc3c4c(cccc24)Oc2cc(-c4ccccc4)ccc2-3)c(O)c(O)c1-c1c(B)c(O)c(B)c2c(B)c(O)c(O)c(O)c12. The van der Waals surface area contributed by atoms with Gasteiger partial charge in [0.1, 0.15) is 54.4 Å². The minimum absolute atomic E-state index is 0.0168. The molecule has 0 atom stereocenters. The summed E-state index contributed by atoms with van der Waals surface area (Å²) in [6.07, 6.45) is 0. The lowest BCUT2D eigenvalue weighted by Crippen LogP contribution is -2.25. The predicted molar refractivity (Wildman–Crippen MR) is 208 cm³/mol. The van der Waals surface area contributed by atoms with Gasteiger partial charge < -0.3 is 40.5 Å². The Labute approximate surface area is 289 Å². The summed E-state index contributed by atoms with van der Waals surface area (Å²) in [6.45, 7) is 0. The van der Waals surface area contributed by atoms with Crippen molar-refractivity contribution in [2.45, 2.75) is 0 Å². The molecule has 0 bridgehead atoms. The molecular weight excluding hydrogens is 628 g/mol. The molecule has 1 aliphatic heterocycles. The van der Waals surface area contributed by atoms with E-state index < -0.39 is 28.7 Å². The van der Waals surface area contributed by atoms with Crippen LogP contribution >= 0.6 is 0 Å². The Morgan fingerprint density at radius 3 is 1.76 bits per heavy atom. The summed E-state index contributed by atoms with van der Waals surface area (Å²) in [4.78, 5) is 0. The first kappa shape index (κ1) is 31.0. The van der Waals surface area contributed by atoms with Gasteiger partial charge in [0.05, 0.1) is 5.56 Å². The Morgan fingerprint density at radius 2 is 1.02 bits per heavy atom. The fourth-order valence-corrected chi connectivity index (χ4v) is 7.61. The number of phenolic OH excluding ortho intramolecular Hbond substituents is 7. The summed E-state index contributed by atoms with van der Waals surface area (Å²) in [7, 11) is 6.23. The number of aromatic hydroxyl groups is 7. The van der Waals surface area contributed by atoms with Gasteiger partial charge in [-0.3, -0.25) is 0 Å². The first-order valence-corrected chi connectivity index (χ1v) is 16.0. The van der Waals surface area contributed by atoms with Crippen LogP contribution in [0.3, 0.4) is 0 Å². The molecule has 0 saturated carbocycles. The van der Waals surface area contributed by atoms with E-state index in [0.29, 0.717) is 27.9 Å². The van der Waals surface area contributed by atoms with Crippen LogP contribution in [0, 0.1) is 0 Å². The van der Waals surface area contributed by atoms with Gasteiger partial charge in [-0.1, -0.05) is 60.7 Å². The van der Waals surface area contributed by atoms with Gasteiger partial charge in [0.2, 0.25) is 0 Å². The standard InChI is InChI=1S/C38H28B4O8/c39-28-24(25-26(29(40)36(28)47)30(41)37(48)38(49)34(25)45)27-31(42)32(43)23(33(44)35(27)46)19-12-11-18-16-10-9-15(14-5-2-1-3-6-14)13-21(16)50-20-8-4-7-17(19)22(18)20/h1-13,43-49H,39-42H2. The third-order valence-electron chi connectivity index (χ3n) is 10.2. The van der Waals surface area contributed by atoms with E-state index in [1.165, 1.54) is 7.85 Å². The third-order valence-corrected chi connectivity index (χ3v) is 10.2. The number of ether oxygens (including phenoxy) is 1. The molecule has 0 spiro atoms. The summed E-state index contributed by atoms with van der Waals surface area (Å²) in [5.41, 5.74) is 5.17. The van der Waals surface area contributed by atoms with Crippen LogP contribution in [-0.2, 0) is 0 Å². The largest absolute Gasteiger partial charge is 0.509 e. The molecule has 0 saturated heterocycles. The van der Waals surface area contributed by atoms with Crippen LogP contribution in [0.25, 0.3) is 66.1 Å². The second-order valence-electron chi connectivity index (χ2n) is 12.8.